The Morgan fingerprint density at radius 2 is 1.47 bits per heavy atom. The summed E-state index contributed by atoms with van der Waals surface area (Å²) >= 11 is 6.00. The van der Waals surface area contributed by atoms with Crippen LogP contribution in [0.15, 0.2) is 65.6 Å². The lowest BCUT2D eigenvalue weighted by Crippen LogP contribution is -2.18. The molecule has 0 spiro atoms. The predicted octanol–water partition coefficient (Wildman–Crippen LogP) is 6.44. The van der Waals surface area contributed by atoms with E-state index in [-0.39, 0.29) is 40.3 Å². The van der Waals surface area contributed by atoms with Crippen molar-refractivity contribution in [2.75, 3.05) is 17.1 Å². The SMILES string of the molecule is COc1ccccc1NS(=O)(=O)c1cc(NC(=O)c2cc(C(F)(F)F)cc(C(F)(F)F)c2)ccc1Cl. The van der Waals surface area contributed by atoms with Gasteiger partial charge in [0.25, 0.3) is 15.9 Å². The van der Waals surface area contributed by atoms with Crippen LogP contribution in [0.25, 0.3) is 0 Å². The molecule has 0 fully saturated rings. The van der Waals surface area contributed by atoms with Gasteiger partial charge in [0.2, 0.25) is 0 Å². The van der Waals surface area contributed by atoms with Crippen LogP contribution in [0.3, 0.4) is 0 Å². The number of anilines is 2. The van der Waals surface area contributed by atoms with Gasteiger partial charge in [0.05, 0.1) is 28.9 Å². The fraction of sp³-hybridized carbons (Fsp3) is 0.136. The standard InChI is InChI=1S/C22H15ClF6N2O4S/c1-35-18-5-3-2-4-17(18)31-36(33,34)19-11-15(6-7-16(19)23)30-20(32)12-8-13(21(24,25)26)10-14(9-12)22(27,28)29/h2-11,31H,1H3,(H,30,32). The molecule has 0 radical (unpaired) electrons. The Morgan fingerprint density at radius 1 is 0.889 bits per heavy atom. The van der Waals surface area contributed by atoms with Crippen LogP contribution in [-0.2, 0) is 22.4 Å². The molecular formula is C22H15ClF6N2O4S. The average molecular weight is 553 g/mol. The molecule has 0 saturated carbocycles. The minimum absolute atomic E-state index is 0.0640. The van der Waals surface area contributed by atoms with E-state index in [4.69, 9.17) is 16.3 Å². The van der Waals surface area contributed by atoms with E-state index in [1.807, 2.05) is 0 Å². The van der Waals surface area contributed by atoms with E-state index < -0.39 is 49.9 Å². The third-order valence-corrected chi connectivity index (χ3v) is 6.53. The molecular weight excluding hydrogens is 538 g/mol. The molecule has 6 nitrogen and oxygen atoms in total. The van der Waals surface area contributed by atoms with Crippen molar-refractivity contribution >= 4 is 38.9 Å². The van der Waals surface area contributed by atoms with Crippen molar-refractivity contribution in [1.82, 2.24) is 0 Å². The van der Waals surface area contributed by atoms with Crippen LogP contribution in [-0.4, -0.2) is 21.4 Å². The quantitative estimate of drug-likeness (QED) is 0.345. The van der Waals surface area contributed by atoms with E-state index in [2.05, 4.69) is 10.0 Å². The molecule has 0 aliphatic carbocycles. The molecule has 36 heavy (non-hydrogen) atoms. The number of ether oxygens (including phenoxy) is 1. The zero-order valence-corrected chi connectivity index (χ0v) is 19.5. The minimum Gasteiger partial charge on any atom is -0.495 e. The Balaban J connectivity index is 1.95. The molecule has 192 valence electrons. The number of carbonyl (C=O) groups is 1. The van der Waals surface area contributed by atoms with E-state index >= 15 is 0 Å². The van der Waals surface area contributed by atoms with Gasteiger partial charge >= 0.3 is 12.4 Å². The van der Waals surface area contributed by atoms with Gasteiger partial charge in [-0.2, -0.15) is 26.3 Å². The van der Waals surface area contributed by atoms with E-state index in [1.165, 1.54) is 25.3 Å². The Labute approximate surface area is 205 Å². The van der Waals surface area contributed by atoms with Gasteiger partial charge in [0.1, 0.15) is 10.6 Å². The third-order valence-electron chi connectivity index (χ3n) is 4.68. The fourth-order valence-corrected chi connectivity index (χ4v) is 4.60. The van der Waals surface area contributed by atoms with Crippen LogP contribution in [0, 0.1) is 0 Å². The summed E-state index contributed by atoms with van der Waals surface area (Å²) in [7, 11) is -3.05. The van der Waals surface area contributed by atoms with Crippen molar-refractivity contribution in [1.29, 1.82) is 0 Å². The van der Waals surface area contributed by atoms with Crippen molar-refractivity contribution in [3.8, 4) is 5.75 Å². The molecule has 3 rings (SSSR count). The Bertz CT molecular complexity index is 1380. The van der Waals surface area contributed by atoms with E-state index in [9.17, 15) is 39.6 Å². The monoisotopic (exact) mass is 552 g/mol. The molecule has 0 aromatic heterocycles. The van der Waals surface area contributed by atoms with Crippen molar-refractivity contribution in [3.63, 3.8) is 0 Å². The van der Waals surface area contributed by atoms with Crippen LogP contribution in [0.1, 0.15) is 21.5 Å². The number of halogens is 7. The minimum atomic E-state index is -5.15. The number of benzene rings is 3. The maximum Gasteiger partial charge on any atom is 0.416 e. The van der Waals surface area contributed by atoms with Gasteiger partial charge in [-0.25, -0.2) is 8.42 Å². The first kappa shape index (κ1) is 27.1. The van der Waals surface area contributed by atoms with Gasteiger partial charge < -0.3 is 10.1 Å². The predicted molar refractivity (Wildman–Crippen MR) is 120 cm³/mol. The van der Waals surface area contributed by atoms with Gasteiger partial charge in [-0.1, -0.05) is 23.7 Å². The molecule has 0 heterocycles. The van der Waals surface area contributed by atoms with Gasteiger partial charge in [0, 0.05) is 11.3 Å². The number of carbonyl (C=O) groups excluding carboxylic acids is 1. The van der Waals surface area contributed by atoms with E-state index in [0.29, 0.717) is 0 Å². The van der Waals surface area contributed by atoms with Crippen LogP contribution in [0.2, 0.25) is 5.02 Å². The average Bonchev–Trinajstić information content (AvgIpc) is 2.79. The molecule has 2 N–H and O–H groups in total. The zero-order chi connectivity index (χ0) is 26.9. The van der Waals surface area contributed by atoms with Crippen LogP contribution < -0.4 is 14.8 Å². The maximum atomic E-state index is 13.1. The summed E-state index contributed by atoms with van der Waals surface area (Å²) in [5, 5.41) is 1.82. The lowest BCUT2D eigenvalue weighted by molar-refractivity contribution is -0.143. The molecule has 3 aromatic carbocycles. The highest BCUT2D eigenvalue weighted by molar-refractivity contribution is 7.92. The molecule has 1 amide bonds. The molecule has 0 atom stereocenters. The Hall–Kier alpha value is -3.45. The lowest BCUT2D eigenvalue weighted by Gasteiger charge is -2.15. The summed E-state index contributed by atoms with van der Waals surface area (Å²) in [5.41, 5.74) is -4.49. The summed E-state index contributed by atoms with van der Waals surface area (Å²) < 4.78 is 112. The Kier molecular flexibility index (Phi) is 7.46. The summed E-state index contributed by atoms with van der Waals surface area (Å²) in [4.78, 5) is 12.0. The number of para-hydroxylation sites is 2. The van der Waals surface area contributed by atoms with Crippen LogP contribution in [0.5, 0.6) is 5.75 Å². The maximum absolute atomic E-state index is 13.1. The van der Waals surface area contributed by atoms with Crippen LogP contribution in [0.4, 0.5) is 37.7 Å². The van der Waals surface area contributed by atoms with Gasteiger partial charge in [0.15, 0.2) is 0 Å². The smallest absolute Gasteiger partial charge is 0.416 e. The third kappa shape index (κ3) is 6.21. The second-order valence-corrected chi connectivity index (χ2v) is 9.26. The zero-order valence-electron chi connectivity index (χ0n) is 18.0. The lowest BCUT2D eigenvalue weighted by atomic mass is 10.0. The number of sulfonamides is 1. The highest BCUT2D eigenvalue weighted by Gasteiger charge is 2.37. The first-order valence-electron chi connectivity index (χ1n) is 9.68. The van der Waals surface area contributed by atoms with Crippen molar-refractivity contribution in [2.45, 2.75) is 17.2 Å². The summed E-state index contributed by atoms with van der Waals surface area (Å²) in [6.07, 6.45) is -10.3. The first-order valence-corrected chi connectivity index (χ1v) is 11.5. The topological polar surface area (TPSA) is 84.5 Å². The number of nitrogens with one attached hydrogen (secondary N) is 2. The summed E-state index contributed by atoms with van der Waals surface area (Å²) in [6, 6.07) is 9.51. The van der Waals surface area contributed by atoms with Gasteiger partial charge in [-0.3, -0.25) is 9.52 Å². The highest BCUT2D eigenvalue weighted by atomic mass is 35.5. The number of amides is 1. The number of hydrogen-bond donors (Lipinski definition) is 2. The van der Waals surface area contributed by atoms with E-state index in [1.54, 1.807) is 6.07 Å². The largest absolute Gasteiger partial charge is 0.495 e. The molecule has 0 unspecified atom stereocenters. The number of alkyl halides is 6. The first-order chi connectivity index (χ1) is 16.6. The fourth-order valence-electron chi connectivity index (χ4n) is 3.01. The second kappa shape index (κ2) is 9.90. The molecule has 0 aliphatic rings. The molecule has 0 bridgehead atoms. The van der Waals surface area contributed by atoms with Crippen molar-refractivity contribution in [2.24, 2.45) is 0 Å². The number of rotatable bonds is 6. The van der Waals surface area contributed by atoms with Gasteiger partial charge in [-0.15, -0.1) is 0 Å². The van der Waals surface area contributed by atoms with Crippen molar-refractivity contribution in [3.05, 3.63) is 82.4 Å². The molecule has 3 aromatic rings. The molecule has 0 saturated heterocycles. The Morgan fingerprint density at radius 3 is 2.03 bits per heavy atom. The second-order valence-electron chi connectivity index (χ2n) is 7.20. The van der Waals surface area contributed by atoms with E-state index in [0.717, 1.165) is 18.2 Å². The number of methoxy groups -OCH3 is 1. The van der Waals surface area contributed by atoms with Crippen molar-refractivity contribution < 1.29 is 44.3 Å². The molecule has 0 aliphatic heterocycles. The number of hydrogen-bond acceptors (Lipinski definition) is 4. The van der Waals surface area contributed by atoms with Crippen LogP contribution >= 0.6 is 11.6 Å². The normalized spacial score (nSPS) is 12.2. The summed E-state index contributed by atoms with van der Waals surface area (Å²) in [6.45, 7) is 0. The van der Waals surface area contributed by atoms with Gasteiger partial charge in [-0.05, 0) is 48.5 Å². The highest BCUT2D eigenvalue weighted by Crippen LogP contribution is 2.37. The summed E-state index contributed by atoms with van der Waals surface area (Å²) in [5.74, 6) is -1.15. The molecule has 14 heteroatoms.